The van der Waals surface area contributed by atoms with Crippen LogP contribution in [-0.2, 0) is 11.3 Å². The molecule has 1 rings (SSSR count). The number of methoxy groups -OCH3 is 3. The van der Waals surface area contributed by atoms with Crippen molar-refractivity contribution in [2.45, 2.75) is 32.4 Å². The van der Waals surface area contributed by atoms with Gasteiger partial charge in [0.15, 0.2) is 11.5 Å². The fourth-order valence-corrected chi connectivity index (χ4v) is 1.99. The Hall–Kier alpha value is -1.66. The zero-order chi connectivity index (χ0) is 15.8. The Kier molecular flexibility index (Phi) is 9.37. The van der Waals surface area contributed by atoms with E-state index in [-0.39, 0.29) is 18.3 Å². The standard InChI is InChI=1S/C15H24N2O4.ClH/c1-5-6-11(16)15(18)17-9-10-7-13(20-3)14(21-4)8-12(10)19-2;/h7-8,11H,5-6,9,16H2,1-4H3,(H,17,18);1H. The van der Waals surface area contributed by atoms with Gasteiger partial charge in [0.2, 0.25) is 5.91 Å². The number of hydrogen-bond acceptors (Lipinski definition) is 5. The Morgan fingerprint density at radius 2 is 1.68 bits per heavy atom. The maximum absolute atomic E-state index is 11.9. The molecule has 126 valence electrons. The van der Waals surface area contributed by atoms with Crippen LogP contribution < -0.4 is 25.3 Å². The number of rotatable bonds is 8. The normalized spacial score (nSPS) is 11.1. The summed E-state index contributed by atoms with van der Waals surface area (Å²) in [6, 6.07) is 3.02. The maximum atomic E-state index is 11.9. The Balaban J connectivity index is 0.00000441. The Morgan fingerprint density at radius 1 is 1.14 bits per heavy atom. The SMILES string of the molecule is CCCC(N)C(=O)NCc1cc(OC)c(OC)cc1OC.Cl. The van der Waals surface area contributed by atoms with Gasteiger partial charge in [-0.15, -0.1) is 12.4 Å². The first-order valence-corrected chi connectivity index (χ1v) is 6.89. The lowest BCUT2D eigenvalue weighted by atomic mass is 10.1. The summed E-state index contributed by atoms with van der Waals surface area (Å²) in [7, 11) is 4.68. The average Bonchev–Trinajstić information content (AvgIpc) is 2.51. The van der Waals surface area contributed by atoms with Crippen LogP contribution in [0.5, 0.6) is 17.2 Å². The number of carbonyl (C=O) groups is 1. The second-order valence-electron chi connectivity index (χ2n) is 4.63. The number of carbonyl (C=O) groups excluding carboxylic acids is 1. The predicted octanol–water partition coefficient (Wildman–Crippen LogP) is 1.88. The summed E-state index contributed by atoms with van der Waals surface area (Å²) in [4.78, 5) is 11.9. The molecule has 0 saturated heterocycles. The first-order chi connectivity index (χ1) is 10.1. The highest BCUT2D eigenvalue weighted by atomic mass is 35.5. The van der Waals surface area contributed by atoms with Crippen molar-refractivity contribution in [3.8, 4) is 17.2 Å². The third kappa shape index (κ3) is 5.27. The van der Waals surface area contributed by atoms with Crippen molar-refractivity contribution in [1.29, 1.82) is 0 Å². The van der Waals surface area contributed by atoms with Gasteiger partial charge in [-0.25, -0.2) is 0 Å². The Morgan fingerprint density at radius 3 is 2.18 bits per heavy atom. The molecule has 0 aliphatic carbocycles. The van der Waals surface area contributed by atoms with Crippen LogP contribution >= 0.6 is 12.4 Å². The van der Waals surface area contributed by atoms with E-state index in [0.29, 0.717) is 30.2 Å². The molecule has 0 aromatic heterocycles. The van der Waals surface area contributed by atoms with Crippen molar-refractivity contribution in [2.75, 3.05) is 21.3 Å². The monoisotopic (exact) mass is 332 g/mol. The van der Waals surface area contributed by atoms with E-state index in [1.165, 1.54) is 0 Å². The first kappa shape index (κ1) is 20.3. The summed E-state index contributed by atoms with van der Waals surface area (Å²) in [5, 5.41) is 2.81. The van der Waals surface area contributed by atoms with Crippen LogP contribution in [0, 0.1) is 0 Å². The Bertz CT molecular complexity index is 483. The minimum Gasteiger partial charge on any atom is -0.496 e. The molecule has 0 fully saturated rings. The summed E-state index contributed by atoms with van der Waals surface area (Å²) in [5.41, 5.74) is 6.57. The third-order valence-corrected chi connectivity index (χ3v) is 3.18. The fraction of sp³-hybridized carbons (Fsp3) is 0.533. The van der Waals surface area contributed by atoms with Crippen LogP contribution in [0.1, 0.15) is 25.3 Å². The smallest absolute Gasteiger partial charge is 0.237 e. The van der Waals surface area contributed by atoms with Gasteiger partial charge in [-0.3, -0.25) is 4.79 Å². The van der Waals surface area contributed by atoms with Gasteiger partial charge in [-0.1, -0.05) is 13.3 Å². The number of amides is 1. The van der Waals surface area contributed by atoms with Gasteiger partial charge in [-0.2, -0.15) is 0 Å². The molecule has 3 N–H and O–H groups in total. The highest BCUT2D eigenvalue weighted by Gasteiger charge is 2.15. The van der Waals surface area contributed by atoms with Gasteiger partial charge in [0.05, 0.1) is 27.4 Å². The quantitative estimate of drug-likeness (QED) is 0.759. The average molecular weight is 333 g/mol. The first-order valence-electron chi connectivity index (χ1n) is 6.89. The number of nitrogens with one attached hydrogen (secondary N) is 1. The van der Waals surface area contributed by atoms with Crippen LogP contribution in [0.4, 0.5) is 0 Å². The molecule has 1 atom stereocenters. The molecule has 0 radical (unpaired) electrons. The van der Waals surface area contributed by atoms with Crippen LogP contribution in [0.15, 0.2) is 12.1 Å². The van der Waals surface area contributed by atoms with Crippen LogP contribution in [0.3, 0.4) is 0 Å². The molecule has 0 bridgehead atoms. The molecule has 0 heterocycles. The summed E-state index contributed by atoms with van der Waals surface area (Å²) in [6.45, 7) is 2.31. The van der Waals surface area contributed by atoms with Crippen molar-refractivity contribution < 1.29 is 19.0 Å². The topological polar surface area (TPSA) is 82.8 Å². The highest BCUT2D eigenvalue weighted by molar-refractivity contribution is 5.85. The van der Waals surface area contributed by atoms with Crippen molar-refractivity contribution in [3.63, 3.8) is 0 Å². The number of halogens is 1. The highest BCUT2D eigenvalue weighted by Crippen LogP contribution is 2.34. The van der Waals surface area contributed by atoms with Gasteiger partial charge in [0.1, 0.15) is 5.75 Å². The van der Waals surface area contributed by atoms with Gasteiger partial charge < -0.3 is 25.3 Å². The Labute approximate surface area is 137 Å². The van der Waals surface area contributed by atoms with Gasteiger partial charge in [0, 0.05) is 18.2 Å². The molecule has 0 spiro atoms. The van der Waals surface area contributed by atoms with Gasteiger partial charge in [-0.05, 0) is 12.5 Å². The minimum absolute atomic E-state index is 0. The lowest BCUT2D eigenvalue weighted by molar-refractivity contribution is -0.122. The van der Waals surface area contributed by atoms with E-state index < -0.39 is 6.04 Å². The van der Waals surface area contributed by atoms with Crippen molar-refractivity contribution >= 4 is 18.3 Å². The summed E-state index contributed by atoms with van der Waals surface area (Å²) in [6.07, 6.45) is 1.53. The van der Waals surface area contributed by atoms with Crippen LogP contribution in [0.2, 0.25) is 0 Å². The number of hydrogen-bond donors (Lipinski definition) is 2. The van der Waals surface area contributed by atoms with E-state index in [4.69, 9.17) is 19.9 Å². The molecule has 22 heavy (non-hydrogen) atoms. The molecule has 0 saturated carbocycles. The number of ether oxygens (including phenoxy) is 3. The molecule has 0 aliphatic heterocycles. The molecule has 1 unspecified atom stereocenters. The maximum Gasteiger partial charge on any atom is 0.237 e. The zero-order valence-electron chi connectivity index (χ0n) is 13.5. The van der Waals surface area contributed by atoms with Crippen molar-refractivity contribution in [3.05, 3.63) is 17.7 Å². The molecule has 7 heteroatoms. The zero-order valence-corrected chi connectivity index (χ0v) is 14.3. The van der Waals surface area contributed by atoms with E-state index in [9.17, 15) is 4.79 Å². The molecule has 1 aromatic rings. The fourth-order valence-electron chi connectivity index (χ4n) is 1.99. The predicted molar refractivity (Wildman–Crippen MR) is 88.1 cm³/mol. The number of benzene rings is 1. The van der Waals surface area contributed by atoms with Gasteiger partial charge in [0.25, 0.3) is 0 Å². The molecule has 6 nitrogen and oxygen atoms in total. The van der Waals surface area contributed by atoms with E-state index in [1.807, 2.05) is 6.92 Å². The largest absolute Gasteiger partial charge is 0.496 e. The molecular formula is C15H25ClN2O4. The molecule has 1 aromatic carbocycles. The van der Waals surface area contributed by atoms with Gasteiger partial charge >= 0.3 is 0 Å². The molecule has 1 amide bonds. The summed E-state index contributed by atoms with van der Waals surface area (Å²) < 4.78 is 15.8. The van der Waals surface area contributed by atoms with Crippen molar-refractivity contribution in [2.24, 2.45) is 5.73 Å². The van der Waals surface area contributed by atoms with E-state index in [0.717, 1.165) is 12.0 Å². The van der Waals surface area contributed by atoms with E-state index in [1.54, 1.807) is 33.5 Å². The summed E-state index contributed by atoms with van der Waals surface area (Å²) >= 11 is 0. The second kappa shape index (κ2) is 10.1. The number of nitrogens with two attached hydrogens (primary N) is 1. The van der Waals surface area contributed by atoms with Crippen molar-refractivity contribution in [1.82, 2.24) is 5.32 Å². The van der Waals surface area contributed by atoms with E-state index in [2.05, 4.69) is 5.32 Å². The lowest BCUT2D eigenvalue weighted by Crippen LogP contribution is -2.40. The molecule has 0 aliphatic rings. The second-order valence-corrected chi connectivity index (χ2v) is 4.63. The summed E-state index contributed by atoms with van der Waals surface area (Å²) in [5.74, 6) is 1.61. The van der Waals surface area contributed by atoms with Crippen LogP contribution in [0.25, 0.3) is 0 Å². The van der Waals surface area contributed by atoms with E-state index >= 15 is 0 Å². The lowest BCUT2D eigenvalue weighted by Gasteiger charge is -2.16. The molecular weight excluding hydrogens is 308 g/mol. The van der Waals surface area contributed by atoms with Crippen LogP contribution in [-0.4, -0.2) is 33.3 Å². The third-order valence-electron chi connectivity index (χ3n) is 3.18. The minimum atomic E-state index is -0.485.